The summed E-state index contributed by atoms with van der Waals surface area (Å²) < 4.78 is 19.0. The fourth-order valence-electron chi connectivity index (χ4n) is 2.12. The van der Waals surface area contributed by atoms with E-state index in [4.69, 9.17) is 16.3 Å². The highest BCUT2D eigenvalue weighted by molar-refractivity contribution is 6.35. The van der Waals surface area contributed by atoms with Gasteiger partial charge in [0.15, 0.2) is 6.61 Å². The Bertz CT molecular complexity index is 870. The van der Waals surface area contributed by atoms with Crippen LogP contribution in [0.5, 0.6) is 5.75 Å². The number of amides is 1. The molecule has 0 fully saturated rings. The molecule has 0 aliphatic carbocycles. The molecular weight excluding hydrogens is 319 g/mol. The van der Waals surface area contributed by atoms with Gasteiger partial charge in [0.05, 0.1) is 10.7 Å². The average molecular weight is 331 g/mol. The third kappa shape index (κ3) is 3.40. The van der Waals surface area contributed by atoms with E-state index in [9.17, 15) is 9.18 Å². The third-order valence-electron chi connectivity index (χ3n) is 3.19. The summed E-state index contributed by atoms with van der Waals surface area (Å²) in [5.41, 5.74) is 0.680. The highest BCUT2D eigenvalue weighted by atomic mass is 35.5. The van der Waals surface area contributed by atoms with Crippen LogP contribution in [0.15, 0.2) is 54.7 Å². The molecule has 2 aromatic carbocycles. The second kappa shape index (κ2) is 6.62. The molecule has 0 saturated carbocycles. The summed E-state index contributed by atoms with van der Waals surface area (Å²) in [5.74, 6) is -0.526. The molecule has 0 bridgehead atoms. The maximum atomic E-state index is 13.5. The molecule has 1 amide bonds. The number of aromatic nitrogens is 1. The van der Waals surface area contributed by atoms with Crippen LogP contribution in [0.3, 0.4) is 0 Å². The number of carbonyl (C=O) groups excluding carboxylic acids is 1. The summed E-state index contributed by atoms with van der Waals surface area (Å²) in [7, 11) is 0. The predicted molar refractivity (Wildman–Crippen MR) is 87.3 cm³/mol. The Hall–Kier alpha value is -2.66. The molecule has 23 heavy (non-hydrogen) atoms. The lowest BCUT2D eigenvalue weighted by Gasteiger charge is -2.10. The van der Waals surface area contributed by atoms with Gasteiger partial charge in [0.25, 0.3) is 5.91 Å². The van der Waals surface area contributed by atoms with Gasteiger partial charge in [0, 0.05) is 11.6 Å². The summed E-state index contributed by atoms with van der Waals surface area (Å²) in [5, 5.41) is 3.74. The van der Waals surface area contributed by atoms with Gasteiger partial charge in [-0.05, 0) is 36.4 Å². The van der Waals surface area contributed by atoms with Gasteiger partial charge in [0.1, 0.15) is 17.1 Å². The lowest BCUT2D eigenvalue weighted by molar-refractivity contribution is -0.118. The van der Waals surface area contributed by atoms with Gasteiger partial charge in [-0.3, -0.25) is 9.78 Å². The van der Waals surface area contributed by atoms with Crippen molar-refractivity contribution in [2.75, 3.05) is 11.9 Å². The van der Waals surface area contributed by atoms with E-state index < -0.39 is 11.7 Å². The first-order valence-electron chi connectivity index (χ1n) is 6.85. The van der Waals surface area contributed by atoms with E-state index in [0.29, 0.717) is 16.3 Å². The molecule has 1 aromatic heterocycles. The predicted octanol–water partition coefficient (Wildman–Crippen LogP) is 4.04. The summed E-state index contributed by atoms with van der Waals surface area (Å²) in [6.07, 6.45) is 1.62. The largest absolute Gasteiger partial charge is 0.481 e. The lowest BCUT2D eigenvalue weighted by Crippen LogP contribution is -2.20. The average Bonchev–Trinajstić information content (AvgIpc) is 2.57. The zero-order valence-electron chi connectivity index (χ0n) is 11.9. The number of hydrogen-bond acceptors (Lipinski definition) is 3. The van der Waals surface area contributed by atoms with Crippen LogP contribution < -0.4 is 10.1 Å². The summed E-state index contributed by atoms with van der Waals surface area (Å²) in [4.78, 5) is 16.1. The molecule has 0 spiro atoms. The second-order valence-corrected chi connectivity index (χ2v) is 5.17. The number of ether oxygens (including phenoxy) is 1. The number of para-hydroxylation sites is 1. The van der Waals surface area contributed by atoms with E-state index in [0.717, 1.165) is 5.39 Å². The van der Waals surface area contributed by atoms with Crippen LogP contribution in [0.4, 0.5) is 10.1 Å². The molecule has 0 atom stereocenters. The van der Waals surface area contributed by atoms with Crippen LogP contribution >= 0.6 is 11.6 Å². The van der Waals surface area contributed by atoms with Crippen LogP contribution in [0, 0.1) is 5.82 Å². The van der Waals surface area contributed by atoms with Gasteiger partial charge in [-0.15, -0.1) is 0 Å². The monoisotopic (exact) mass is 330 g/mol. The number of pyridine rings is 1. The fourth-order valence-corrected chi connectivity index (χ4v) is 2.34. The normalized spacial score (nSPS) is 10.5. The van der Waals surface area contributed by atoms with Crippen molar-refractivity contribution in [3.05, 3.63) is 65.6 Å². The Balaban J connectivity index is 1.73. The van der Waals surface area contributed by atoms with Crippen LogP contribution in [0.25, 0.3) is 10.9 Å². The van der Waals surface area contributed by atoms with E-state index in [-0.39, 0.29) is 12.3 Å². The topological polar surface area (TPSA) is 51.2 Å². The number of rotatable bonds is 4. The zero-order valence-corrected chi connectivity index (χ0v) is 12.7. The van der Waals surface area contributed by atoms with E-state index in [1.807, 2.05) is 6.07 Å². The fraction of sp³-hybridized carbons (Fsp3) is 0.0588. The van der Waals surface area contributed by atoms with Crippen LogP contribution in [0.2, 0.25) is 5.02 Å². The van der Waals surface area contributed by atoms with Crippen molar-refractivity contribution in [3.63, 3.8) is 0 Å². The highest BCUT2D eigenvalue weighted by Gasteiger charge is 2.10. The number of anilines is 1. The molecule has 3 aromatic rings. The number of nitrogens with zero attached hydrogens (tertiary/aromatic N) is 1. The smallest absolute Gasteiger partial charge is 0.262 e. The molecule has 1 N–H and O–H groups in total. The van der Waals surface area contributed by atoms with Crippen LogP contribution in [-0.2, 0) is 4.79 Å². The second-order valence-electron chi connectivity index (χ2n) is 4.76. The van der Waals surface area contributed by atoms with E-state index in [2.05, 4.69) is 10.3 Å². The van der Waals surface area contributed by atoms with Gasteiger partial charge in [-0.2, -0.15) is 0 Å². The quantitative estimate of drug-likeness (QED) is 0.785. The first-order valence-corrected chi connectivity index (χ1v) is 7.23. The standard InChI is InChI=1S/C17H12ClFN2O2/c18-12-7-8-15(17-11(12)4-3-9-20-17)23-10-16(22)21-14-6-2-1-5-13(14)19/h1-9H,10H2,(H,21,22). The molecule has 0 radical (unpaired) electrons. The minimum Gasteiger partial charge on any atom is -0.481 e. The van der Waals surface area contributed by atoms with Crippen molar-refractivity contribution in [3.8, 4) is 5.75 Å². The molecule has 0 aliphatic heterocycles. The Kier molecular flexibility index (Phi) is 4.39. The number of halogens is 2. The Morgan fingerprint density at radius 1 is 1.17 bits per heavy atom. The highest BCUT2D eigenvalue weighted by Crippen LogP contribution is 2.29. The molecule has 0 unspecified atom stereocenters. The first kappa shape index (κ1) is 15.2. The number of hydrogen-bond donors (Lipinski definition) is 1. The van der Waals surface area contributed by atoms with Gasteiger partial charge in [-0.25, -0.2) is 4.39 Å². The Morgan fingerprint density at radius 2 is 2.00 bits per heavy atom. The van der Waals surface area contributed by atoms with Crippen LogP contribution in [-0.4, -0.2) is 17.5 Å². The Labute approximate surface area is 136 Å². The number of fused-ring (bicyclic) bond motifs is 1. The number of carbonyl (C=O) groups is 1. The van der Waals surface area contributed by atoms with E-state index >= 15 is 0 Å². The molecule has 0 aliphatic rings. The van der Waals surface area contributed by atoms with Gasteiger partial charge in [-0.1, -0.05) is 23.7 Å². The minimum absolute atomic E-state index is 0.111. The molecule has 116 valence electrons. The molecule has 6 heteroatoms. The summed E-state index contributed by atoms with van der Waals surface area (Å²) >= 11 is 6.10. The van der Waals surface area contributed by atoms with Crippen molar-refractivity contribution < 1.29 is 13.9 Å². The SMILES string of the molecule is O=C(COc1ccc(Cl)c2cccnc12)Nc1ccccc1F. The van der Waals surface area contributed by atoms with Crippen molar-refractivity contribution >= 4 is 34.1 Å². The minimum atomic E-state index is -0.501. The Morgan fingerprint density at radius 3 is 2.83 bits per heavy atom. The van der Waals surface area contributed by atoms with Gasteiger partial charge >= 0.3 is 0 Å². The van der Waals surface area contributed by atoms with Crippen molar-refractivity contribution in [2.24, 2.45) is 0 Å². The van der Waals surface area contributed by atoms with Gasteiger partial charge in [0.2, 0.25) is 0 Å². The molecule has 4 nitrogen and oxygen atoms in total. The lowest BCUT2D eigenvalue weighted by atomic mass is 10.2. The van der Waals surface area contributed by atoms with E-state index in [1.54, 1.807) is 36.5 Å². The maximum Gasteiger partial charge on any atom is 0.262 e. The van der Waals surface area contributed by atoms with E-state index in [1.165, 1.54) is 12.1 Å². The molecular formula is C17H12ClFN2O2. The number of nitrogens with one attached hydrogen (secondary N) is 1. The maximum absolute atomic E-state index is 13.5. The molecule has 0 saturated heterocycles. The zero-order chi connectivity index (χ0) is 16.2. The van der Waals surface area contributed by atoms with Gasteiger partial charge < -0.3 is 10.1 Å². The summed E-state index contributed by atoms with van der Waals surface area (Å²) in [6, 6.07) is 12.8. The van der Waals surface area contributed by atoms with Crippen LogP contribution in [0.1, 0.15) is 0 Å². The summed E-state index contributed by atoms with van der Waals surface area (Å²) in [6.45, 7) is -0.262. The third-order valence-corrected chi connectivity index (χ3v) is 3.52. The molecule has 3 rings (SSSR count). The number of benzene rings is 2. The van der Waals surface area contributed by atoms with Crippen molar-refractivity contribution in [1.82, 2.24) is 4.98 Å². The van der Waals surface area contributed by atoms with Crippen molar-refractivity contribution in [2.45, 2.75) is 0 Å². The first-order chi connectivity index (χ1) is 11.1. The molecule has 1 heterocycles. The van der Waals surface area contributed by atoms with Crippen molar-refractivity contribution in [1.29, 1.82) is 0 Å².